The van der Waals surface area contributed by atoms with Crippen molar-refractivity contribution < 1.29 is 19.1 Å². The molecule has 0 aliphatic carbocycles. The van der Waals surface area contributed by atoms with E-state index in [9.17, 15) is 9.59 Å². The van der Waals surface area contributed by atoms with Crippen LogP contribution in [0.15, 0.2) is 10.2 Å². The van der Waals surface area contributed by atoms with Gasteiger partial charge in [0.1, 0.15) is 0 Å². The number of methoxy groups -OCH3 is 1. The first-order chi connectivity index (χ1) is 12.0. The molecular formula is C18H25N3O4. The van der Waals surface area contributed by atoms with E-state index in [1.54, 1.807) is 0 Å². The molecule has 0 aromatic heterocycles. The van der Waals surface area contributed by atoms with Crippen molar-refractivity contribution in [3.8, 4) is 12.3 Å². The summed E-state index contributed by atoms with van der Waals surface area (Å²) in [5.41, 5.74) is -0.674. The Balaban J connectivity index is 1.43. The lowest BCUT2D eigenvalue weighted by molar-refractivity contribution is -0.145. The maximum Gasteiger partial charge on any atom is 0.311 e. The van der Waals surface area contributed by atoms with Crippen molar-refractivity contribution in [2.24, 2.45) is 16.1 Å². The van der Waals surface area contributed by atoms with Crippen LogP contribution in [-0.4, -0.2) is 54.8 Å². The number of ether oxygens (including phenoxy) is 2. The van der Waals surface area contributed by atoms with E-state index in [0.29, 0.717) is 45.4 Å². The largest absolute Gasteiger partial charge is 0.469 e. The summed E-state index contributed by atoms with van der Waals surface area (Å²) in [5, 5.41) is 8.15. The summed E-state index contributed by atoms with van der Waals surface area (Å²) in [5.74, 6) is 2.35. The third-order valence-corrected chi connectivity index (χ3v) is 5.56. The van der Waals surface area contributed by atoms with Gasteiger partial charge < -0.3 is 14.4 Å². The SMILES string of the molecule is C#CCCC1(CCC(=O)N2CCC3(CC2)CC(C(=O)OC)CO3)N=N1. The Bertz CT molecular complexity index is 596. The molecule has 3 rings (SSSR count). The molecule has 136 valence electrons. The van der Waals surface area contributed by atoms with Gasteiger partial charge in [0, 0.05) is 38.8 Å². The molecule has 3 heterocycles. The molecule has 7 nitrogen and oxygen atoms in total. The lowest BCUT2D eigenvalue weighted by Crippen LogP contribution is -2.46. The Morgan fingerprint density at radius 1 is 1.32 bits per heavy atom. The molecular weight excluding hydrogens is 322 g/mol. The molecule has 0 saturated carbocycles. The standard InChI is InChI=1S/C18H25N3O4/c1-3-4-6-18(19-20-18)7-5-15(22)21-10-8-17(9-11-21)12-14(13-25-17)16(23)24-2/h1,14H,4-13H2,2H3. The quantitative estimate of drug-likeness (QED) is 0.543. The molecule has 2 fully saturated rings. The molecule has 0 aromatic rings. The lowest BCUT2D eigenvalue weighted by Gasteiger charge is -2.38. The molecule has 0 bridgehead atoms. The molecule has 3 aliphatic heterocycles. The number of esters is 1. The summed E-state index contributed by atoms with van der Waals surface area (Å²) in [4.78, 5) is 26.0. The molecule has 0 radical (unpaired) electrons. The van der Waals surface area contributed by atoms with Gasteiger partial charge in [0.2, 0.25) is 5.91 Å². The van der Waals surface area contributed by atoms with E-state index in [2.05, 4.69) is 16.1 Å². The minimum absolute atomic E-state index is 0.134. The summed E-state index contributed by atoms with van der Waals surface area (Å²) >= 11 is 0. The molecule has 0 aromatic carbocycles. The van der Waals surface area contributed by atoms with Gasteiger partial charge in [0.15, 0.2) is 5.66 Å². The van der Waals surface area contributed by atoms with Crippen molar-refractivity contribution in [3.05, 3.63) is 0 Å². The van der Waals surface area contributed by atoms with Crippen LogP contribution >= 0.6 is 0 Å². The fraction of sp³-hybridized carbons (Fsp3) is 0.778. The maximum atomic E-state index is 12.5. The van der Waals surface area contributed by atoms with Crippen LogP contribution in [0.5, 0.6) is 0 Å². The van der Waals surface area contributed by atoms with Crippen LogP contribution < -0.4 is 0 Å². The Morgan fingerprint density at radius 3 is 2.64 bits per heavy atom. The molecule has 1 atom stereocenters. The lowest BCUT2D eigenvalue weighted by atomic mass is 9.85. The number of terminal acetylenes is 1. The predicted molar refractivity (Wildman–Crippen MR) is 89.5 cm³/mol. The zero-order chi connectivity index (χ0) is 17.9. The van der Waals surface area contributed by atoms with Gasteiger partial charge in [0.05, 0.1) is 25.2 Å². The Labute approximate surface area is 148 Å². The zero-order valence-corrected chi connectivity index (χ0v) is 14.7. The van der Waals surface area contributed by atoms with Crippen molar-refractivity contribution >= 4 is 11.9 Å². The number of nitrogens with zero attached hydrogens (tertiary/aromatic N) is 3. The van der Waals surface area contributed by atoms with E-state index < -0.39 is 5.66 Å². The third-order valence-electron chi connectivity index (χ3n) is 5.56. The highest BCUT2D eigenvalue weighted by molar-refractivity contribution is 5.76. The van der Waals surface area contributed by atoms with Crippen LogP contribution in [-0.2, 0) is 19.1 Å². The molecule has 1 spiro atoms. The highest BCUT2D eigenvalue weighted by atomic mass is 16.5. The second-order valence-electron chi connectivity index (χ2n) is 7.19. The first-order valence-corrected chi connectivity index (χ1v) is 8.89. The number of carbonyl (C=O) groups is 2. The molecule has 2 saturated heterocycles. The van der Waals surface area contributed by atoms with Crippen molar-refractivity contribution in [1.29, 1.82) is 0 Å². The molecule has 7 heteroatoms. The van der Waals surface area contributed by atoms with E-state index >= 15 is 0 Å². The van der Waals surface area contributed by atoms with Gasteiger partial charge in [-0.05, 0) is 19.3 Å². The second-order valence-corrected chi connectivity index (χ2v) is 7.19. The van der Waals surface area contributed by atoms with E-state index in [1.807, 2.05) is 4.90 Å². The van der Waals surface area contributed by atoms with Gasteiger partial charge in [-0.2, -0.15) is 10.2 Å². The Hall–Kier alpha value is -1.94. The zero-order valence-electron chi connectivity index (χ0n) is 14.7. The van der Waals surface area contributed by atoms with Gasteiger partial charge in [-0.15, -0.1) is 12.3 Å². The van der Waals surface area contributed by atoms with Crippen molar-refractivity contribution in [3.63, 3.8) is 0 Å². The number of carbonyl (C=O) groups excluding carboxylic acids is 2. The Morgan fingerprint density at radius 2 is 2.04 bits per heavy atom. The molecule has 1 amide bonds. The number of amides is 1. The number of piperidine rings is 1. The minimum Gasteiger partial charge on any atom is -0.469 e. The summed E-state index contributed by atoms with van der Waals surface area (Å²) in [6.07, 6.45) is 9.94. The summed E-state index contributed by atoms with van der Waals surface area (Å²) in [6, 6.07) is 0. The van der Waals surface area contributed by atoms with E-state index in [4.69, 9.17) is 15.9 Å². The number of rotatable bonds is 6. The normalized spacial score (nSPS) is 25.6. The van der Waals surface area contributed by atoms with Crippen LogP contribution in [0.25, 0.3) is 0 Å². The summed E-state index contributed by atoms with van der Waals surface area (Å²) in [7, 11) is 1.41. The Kier molecular flexibility index (Phi) is 5.09. The van der Waals surface area contributed by atoms with Gasteiger partial charge >= 0.3 is 5.97 Å². The first-order valence-electron chi connectivity index (χ1n) is 8.89. The minimum atomic E-state index is -0.401. The van der Waals surface area contributed by atoms with Gasteiger partial charge in [-0.3, -0.25) is 9.59 Å². The molecule has 0 N–H and O–H groups in total. The highest BCUT2D eigenvalue weighted by Gasteiger charge is 2.46. The van der Waals surface area contributed by atoms with Crippen LogP contribution in [0.1, 0.15) is 44.9 Å². The number of hydrogen-bond acceptors (Lipinski definition) is 6. The fourth-order valence-corrected chi connectivity index (χ4v) is 3.81. The second kappa shape index (κ2) is 7.12. The van der Waals surface area contributed by atoms with Crippen LogP contribution in [0.2, 0.25) is 0 Å². The molecule has 25 heavy (non-hydrogen) atoms. The summed E-state index contributed by atoms with van der Waals surface area (Å²) < 4.78 is 10.7. The van der Waals surface area contributed by atoms with Gasteiger partial charge in [-0.25, -0.2) is 0 Å². The average Bonchev–Trinajstić information content (AvgIpc) is 3.30. The van der Waals surface area contributed by atoms with E-state index in [0.717, 1.165) is 19.3 Å². The van der Waals surface area contributed by atoms with E-state index in [1.165, 1.54) is 7.11 Å². The van der Waals surface area contributed by atoms with Gasteiger partial charge in [-0.1, -0.05) is 0 Å². The topological polar surface area (TPSA) is 80.6 Å². The monoisotopic (exact) mass is 347 g/mol. The first kappa shape index (κ1) is 17.9. The number of likely N-dealkylation sites (tertiary alicyclic amines) is 1. The third kappa shape index (κ3) is 4.01. The van der Waals surface area contributed by atoms with Crippen molar-refractivity contribution in [1.82, 2.24) is 4.90 Å². The van der Waals surface area contributed by atoms with Crippen LogP contribution in [0.3, 0.4) is 0 Å². The van der Waals surface area contributed by atoms with E-state index in [-0.39, 0.29) is 23.4 Å². The maximum absolute atomic E-state index is 12.5. The summed E-state index contributed by atoms with van der Waals surface area (Å²) in [6.45, 7) is 1.75. The average molecular weight is 347 g/mol. The molecule has 1 unspecified atom stereocenters. The smallest absolute Gasteiger partial charge is 0.311 e. The van der Waals surface area contributed by atoms with Crippen LogP contribution in [0.4, 0.5) is 0 Å². The van der Waals surface area contributed by atoms with Gasteiger partial charge in [0.25, 0.3) is 0 Å². The number of hydrogen-bond donors (Lipinski definition) is 0. The predicted octanol–water partition coefficient (Wildman–Crippen LogP) is 1.91. The van der Waals surface area contributed by atoms with Crippen molar-refractivity contribution in [2.45, 2.75) is 56.2 Å². The highest BCUT2D eigenvalue weighted by Crippen LogP contribution is 2.40. The van der Waals surface area contributed by atoms with Crippen molar-refractivity contribution in [2.75, 3.05) is 26.8 Å². The van der Waals surface area contributed by atoms with Crippen LogP contribution in [0, 0.1) is 18.3 Å². The fourth-order valence-electron chi connectivity index (χ4n) is 3.81. The molecule has 3 aliphatic rings.